The van der Waals surface area contributed by atoms with Gasteiger partial charge in [-0.15, -0.1) is 0 Å². The topological polar surface area (TPSA) is 59.3 Å². The molecule has 0 aliphatic heterocycles. The summed E-state index contributed by atoms with van der Waals surface area (Å²) in [5.41, 5.74) is 0.956. The number of aryl methyl sites for hydroxylation is 2. The Bertz CT molecular complexity index is 539. The fourth-order valence-corrected chi connectivity index (χ4v) is 3.08. The Morgan fingerprint density at radius 3 is 2.58 bits per heavy atom. The van der Waals surface area contributed by atoms with Gasteiger partial charge in [-0.05, 0) is 37.8 Å². The number of hydrogen-bond donors (Lipinski definition) is 1. The maximum atomic E-state index is 12.2. The largest absolute Gasteiger partial charge is 0.477 e. The van der Waals surface area contributed by atoms with Gasteiger partial charge in [-0.2, -0.15) is 0 Å². The first kappa shape index (κ1) is 13.8. The van der Waals surface area contributed by atoms with Crippen LogP contribution in [0.2, 0.25) is 0 Å². The lowest BCUT2D eigenvalue weighted by atomic mass is 10.0. The Morgan fingerprint density at radius 2 is 2.00 bits per heavy atom. The van der Waals surface area contributed by atoms with Gasteiger partial charge in [0.05, 0.1) is 0 Å². The molecular weight excluding hydrogens is 242 g/mol. The van der Waals surface area contributed by atoms with Crippen LogP contribution in [0.4, 0.5) is 0 Å². The minimum absolute atomic E-state index is 0.0861. The fourth-order valence-electron chi connectivity index (χ4n) is 3.08. The Labute approximate surface area is 113 Å². The van der Waals surface area contributed by atoms with Crippen LogP contribution in [0.5, 0.6) is 0 Å². The molecule has 1 aliphatic carbocycles. The summed E-state index contributed by atoms with van der Waals surface area (Å²) in [5, 5.41) is 9.13. The summed E-state index contributed by atoms with van der Waals surface area (Å²) in [7, 11) is 0. The van der Waals surface area contributed by atoms with Gasteiger partial charge in [-0.1, -0.05) is 25.7 Å². The Balaban J connectivity index is 2.26. The highest BCUT2D eigenvalue weighted by atomic mass is 16.4. The summed E-state index contributed by atoms with van der Waals surface area (Å²) in [6.45, 7) is 4.18. The van der Waals surface area contributed by atoms with E-state index in [1.54, 1.807) is 17.6 Å². The van der Waals surface area contributed by atoms with Gasteiger partial charge >= 0.3 is 5.97 Å². The van der Waals surface area contributed by atoms with E-state index in [1.165, 1.54) is 25.7 Å². The van der Waals surface area contributed by atoms with Gasteiger partial charge in [0.25, 0.3) is 5.56 Å². The molecule has 0 amide bonds. The normalized spacial score (nSPS) is 15.9. The summed E-state index contributed by atoms with van der Waals surface area (Å²) in [4.78, 5) is 23.4. The SMILES string of the molecule is Cc1cc(C)n(CCC2CCCC2)c(=O)c1C(=O)O. The van der Waals surface area contributed by atoms with Crippen LogP contribution >= 0.6 is 0 Å². The van der Waals surface area contributed by atoms with Crippen LogP contribution in [0, 0.1) is 19.8 Å². The summed E-state index contributed by atoms with van der Waals surface area (Å²) in [5.74, 6) is -0.432. The molecule has 4 nitrogen and oxygen atoms in total. The van der Waals surface area contributed by atoms with Crippen molar-refractivity contribution >= 4 is 5.97 Å². The summed E-state index contributed by atoms with van der Waals surface area (Å²) in [6.07, 6.45) is 6.03. The van der Waals surface area contributed by atoms with Crippen LogP contribution in [0.1, 0.15) is 53.7 Å². The minimum atomic E-state index is -1.13. The standard InChI is InChI=1S/C15H21NO3/c1-10-9-11(2)16(14(17)13(10)15(18)19)8-7-12-5-3-4-6-12/h9,12H,3-8H2,1-2H3,(H,18,19). The van der Waals surface area contributed by atoms with Gasteiger partial charge in [0, 0.05) is 12.2 Å². The number of aromatic nitrogens is 1. The maximum Gasteiger partial charge on any atom is 0.341 e. The zero-order valence-corrected chi connectivity index (χ0v) is 11.6. The highest BCUT2D eigenvalue weighted by Crippen LogP contribution is 2.27. The van der Waals surface area contributed by atoms with E-state index < -0.39 is 5.97 Å². The zero-order valence-electron chi connectivity index (χ0n) is 11.6. The number of carbonyl (C=O) groups is 1. The molecule has 0 aromatic carbocycles. The first-order chi connectivity index (χ1) is 9.00. The Kier molecular flexibility index (Phi) is 4.08. The molecule has 1 heterocycles. The molecular formula is C15H21NO3. The van der Waals surface area contributed by atoms with Crippen molar-refractivity contribution in [3.63, 3.8) is 0 Å². The monoisotopic (exact) mass is 263 g/mol. The third kappa shape index (κ3) is 2.88. The van der Waals surface area contributed by atoms with Crippen molar-refractivity contribution < 1.29 is 9.90 Å². The molecule has 0 unspecified atom stereocenters. The zero-order chi connectivity index (χ0) is 14.0. The smallest absolute Gasteiger partial charge is 0.341 e. The van der Waals surface area contributed by atoms with Crippen LogP contribution in [-0.2, 0) is 6.54 Å². The van der Waals surface area contributed by atoms with Crippen molar-refractivity contribution in [1.82, 2.24) is 4.57 Å². The third-order valence-corrected chi connectivity index (χ3v) is 4.15. The van der Waals surface area contributed by atoms with Crippen molar-refractivity contribution in [1.29, 1.82) is 0 Å². The van der Waals surface area contributed by atoms with Crippen molar-refractivity contribution in [2.45, 2.75) is 52.5 Å². The van der Waals surface area contributed by atoms with Gasteiger partial charge in [-0.25, -0.2) is 4.79 Å². The average molecular weight is 263 g/mol. The minimum Gasteiger partial charge on any atom is -0.477 e. The van der Waals surface area contributed by atoms with Gasteiger partial charge in [0.2, 0.25) is 0 Å². The number of rotatable bonds is 4. The van der Waals surface area contributed by atoms with E-state index in [0.717, 1.165) is 12.1 Å². The van der Waals surface area contributed by atoms with Crippen LogP contribution in [0.25, 0.3) is 0 Å². The predicted molar refractivity (Wildman–Crippen MR) is 73.7 cm³/mol. The molecule has 1 N–H and O–H groups in total. The van der Waals surface area contributed by atoms with E-state index in [2.05, 4.69) is 0 Å². The van der Waals surface area contributed by atoms with Gasteiger partial charge in [0.15, 0.2) is 0 Å². The number of carboxylic acids is 1. The highest BCUT2D eigenvalue weighted by molar-refractivity contribution is 5.88. The second kappa shape index (κ2) is 5.59. The summed E-state index contributed by atoms with van der Waals surface area (Å²) in [6, 6.07) is 1.79. The Morgan fingerprint density at radius 1 is 1.37 bits per heavy atom. The number of nitrogens with zero attached hydrogens (tertiary/aromatic N) is 1. The van der Waals surface area contributed by atoms with Gasteiger partial charge < -0.3 is 9.67 Å². The van der Waals surface area contributed by atoms with E-state index in [4.69, 9.17) is 5.11 Å². The van der Waals surface area contributed by atoms with E-state index in [9.17, 15) is 9.59 Å². The summed E-state index contributed by atoms with van der Waals surface area (Å²) >= 11 is 0. The molecule has 19 heavy (non-hydrogen) atoms. The molecule has 1 aliphatic rings. The molecule has 1 fully saturated rings. The van der Waals surface area contributed by atoms with Crippen LogP contribution in [0.3, 0.4) is 0 Å². The quantitative estimate of drug-likeness (QED) is 0.908. The number of aromatic carboxylic acids is 1. The van der Waals surface area contributed by atoms with Crippen LogP contribution in [-0.4, -0.2) is 15.6 Å². The second-order valence-electron chi connectivity index (χ2n) is 5.54. The predicted octanol–water partition coefficient (Wildman–Crippen LogP) is 2.74. The molecule has 0 saturated heterocycles. The van der Waals surface area contributed by atoms with Crippen LogP contribution in [0.15, 0.2) is 10.9 Å². The van der Waals surface area contributed by atoms with Gasteiger partial charge in [-0.3, -0.25) is 4.79 Å². The van der Waals surface area contributed by atoms with Crippen LogP contribution < -0.4 is 5.56 Å². The molecule has 1 aromatic heterocycles. The first-order valence-corrected chi connectivity index (χ1v) is 6.95. The van der Waals surface area contributed by atoms with Crippen molar-refractivity contribution in [3.05, 3.63) is 33.2 Å². The number of hydrogen-bond acceptors (Lipinski definition) is 2. The van der Waals surface area contributed by atoms with Gasteiger partial charge in [0.1, 0.15) is 5.56 Å². The molecule has 0 bridgehead atoms. The van der Waals surface area contributed by atoms with E-state index in [1.807, 2.05) is 6.92 Å². The maximum absolute atomic E-state index is 12.2. The fraction of sp³-hybridized carbons (Fsp3) is 0.600. The molecule has 0 spiro atoms. The second-order valence-corrected chi connectivity index (χ2v) is 5.54. The lowest BCUT2D eigenvalue weighted by Crippen LogP contribution is -2.29. The van der Waals surface area contributed by atoms with Crippen molar-refractivity contribution in [2.24, 2.45) is 5.92 Å². The van der Waals surface area contributed by atoms with E-state index in [0.29, 0.717) is 18.0 Å². The molecule has 0 atom stereocenters. The van der Waals surface area contributed by atoms with E-state index in [-0.39, 0.29) is 11.1 Å². The molecule has 4 heteroatoms. The summed E-state index contributed by atoms with van der Waals surface area (Å²) < 4.78 is 1.62. The molecule has 2 rings (SSSR count). The molecule has 1 aromatic rings. The van der Waals surface area contributed by atoms with Crippen molar-refractivity contribution in [3.8, 4) is 0 Å². The first-order valence-electron chi connectivity index (χ1n) is 6.95. The number of carboxylic acid groups (broad SMARTS) is 1. The van der Waals surface area contributed by atoms with E-state index >= 15 is 0 Å². The van der Waals surface area contributed by atoms with Crippen molar-refractivity contribution in [2.75, 3.05) is 0 Å². The lowest BCUT2D eigenvalue weighted by Gasteiger charge is -2.15. The highest BCUT2D eigenvalue weighted by Gasteiger charge is 2.19. The Hall–Kier alpha value is -1.58. The molecule has 104 valence electrons. The lowest BCUT2D eigenvalue weighted by molar-refractivity contribution is 0.0693. The number of pyridine rings is 1. The average Bonchev–Trinajstić information content (AvgIpc) is 2.80. The molecule has 0 radical (unpaired) electrons. The third-order valence-electron chi connectivity index (χ3n) is 4.15. The molecule has 1 saturated carbocycles.